The van der Waals surface area contributed by atoms with Crippen molar-refractivity contribution in [1.29, 1.82) is 0 Å². The van der Waals surface area contributed by atoms with Gasteiger partial charge in [0.15, 0.2) is 5.78 Å². The summed E-state index contributed by atoms with van der Waals surface area (Å²) in [5.74, 6) is 0.195. The molecule has 1 aliphatic carbocycles. The van der Waals surface area contributed by atoms with E-state index in [1.54, 1.807) is 0 Å². The Morgan fingerprint density at radius 3 is 2.44 bits per heavy atom. The molecule has 9 heavy (non-hydrogen) atoms. The first-order valence-electron chi connectivity index (χ1n) is 2.67. The standard InChI is InChI=1S/C6H8O2.Na/c7-4-3-6(8)5-1-2-5;/h3-5,7H,1-2H2;/q;+1/p-1/b4-3+;. The Labute approximate surface area is 76.2 Å². The molecule has 44 valence electrons. The Kier molecular flexibility index (Phi) is 4.19. The Bertz CT molecular complexity index is 127. The van der Waals surface area contributed by atoms with Gasteiger partial charge in [-0.1, -0.05) is 0 Å². The average Bonchev–Trinajstić information content (AvgIpc) is 2.45. The van der Waals surface area contributed by atoms with E-state index >= 15 is 0 Å². The molecule has 0 heterocycles. The molecule has 0 atom stereocenters. The van der Waals surface area contributed by atoms with Crippen LogP contribution in [0.1, 0.15) is 12.8 Å². The Morgan fingerprint density at radius 1 is 1.56 bits per heavy atom. The molecule has 0 spiro atoms. The third kappa shape index (κ3) is 3.04. The van der Waals surface area contributed by atoms with Crippen LogP contribution in [0.25, 0.3) is 0 Å². The SMILES string of the molecule is O=C(/C=C/[O-])C1CC1.[Na+]. The zero-order chi connectivity index (χ0) is 5.98. The molecule has 0 N–H and O–H groups in total. The van der Waals surface area contributed by atoms with Gasteiger partial charge in [0.2, 0.25) is 0 Å². The first kappa shape index (κ1) is 9.21. The Balaban J connectivity index is 0.000000640. The van der Waals surface area contributed by atoms with Gasteiger partial charge in [-0.3, -0.25) is 4.79 Å². The molecule has 0 radical (unpaired) electrons. The molecule has 1 rings (SSSR count). The Hall–Kier alpha value is 0.210. The molecule has 1 saturated carbocycles. The summed E-state index contributed by atoms with van der Waals surface area (Å²) in [7, 11) is 0. The number of allylic oxidation sites excluding steroid dienone is 1. The summed E-state index contributed by atoms with van der Waals surface area (Å²) in [6, 6.07) is 0. The molecule has 0 unspecified atom stereocenters. The predicted molar refractivity (Wildman–Crippen MR) is 26.9 cm³/mol. The molecule has 0 amide bonds. The fourth-order valence-corrected chi connectivity index (χ4v) is 0.571. The number of hydrogen-bond acceptors (Lipinski definition) is 2. The molecule has 0 aromatic carbocycles. The van der Waals surface area contributed by atoms with Gasteiger partial charge in [-0.05, 0) is 18.9 Å². The van der Waals surface area contributed by atoms with E-state index in [2.05, 4.69) is 0 Å². The van der Waals surface area contributed by atoms with Crippen LogP contribution in [0.3, 0.4) is 0 Å². The monoisotopic (exact) mass is 134 g/mol. The molecule has 2 nitrogen and oxygen atoms in total. The van der Waals surface area contributed by atoms with E-state index in [4.69, 9.17) is 0 Å². The zero-order valence-electron chi connectivity index (χ0n) is 5.46. The summed E-state index contributed by atoms with van der Waals surface area (Å²) in [4.78, 5) is 10.5. The van der Waals surface area contributed by atoms with Gasteiger partial charge < -0.3 is 5.11 Å². The predicted octanol–water partition coefficient (Wildman–Crippen LogP) is -3.16. The molecule has 3 heteroatoms. The third-order valence-electron chi connectivity index (χ3n) is 1.21. The van der Waals surface area contributed by atoms with Crippen molar-refractivity contribution in [1.82, 2.24) is 0 Å². The van der Waals surface area contributed by atoms with Gasteiger partial charge in [-0.2, -0.15) is 0 Å². The fourth-order valence-electron chi connectivity index (χ4n) is 0.571. The summed E-state index contributed by atoms with van der Waals surface area (Å²) in [5, 5.41) is 9.67. The quantitative estimate of drug-likeness (QED) is 0.227. The minimum atomic E-state index is 0. The number of carbonyl (C=O) groups is 1. The van der Waals surface area contributed by atoms with Gasteiger partial charge in [-0.25, -0.2) is 0 Å². The zero-order valence-corrected chi connectivity index (χ0v) is 7.46. The van der Waals surface area contributed by atoms with Crippen LogP contribution in [-0.2, 0) is 4.79 Å². The van der Waals surface area contributed by atoms with Crippen LogP contribution in [0.2, 0.25) is 0 Å². The molecule has 0 saturated heterocycles. The second-order valence-corrected chi connectivity index (χ2v) is 1.98. The number of hydrogen-bond donors (Lipinski definition) is 0. The maximum Gasteiger partial charge on any atom is 1.00 e. The van der Waals surface area contributed by atoms with E-state index in [0.717, 1.165) is 18.9 Å². The van der Waals surface area contributed by atoms with Gasteiger partial charge in [0.25, 0.3) is 0 Å². The summed E-state index contributed by atoms with van der Waals surface area (Å²) in [6.45, 7) is 0. The van der Waals surface area contributed by atoms with Crippen molar-refractivity contribution in [2.75, 3.05) is 0 Å². The van der Waals surface area contributed by atoms with E-state index in [1.807, 2.05) is 0 Å². The van der Waals surface area contributed by atoms with Crippen LogP contribution in [0, 0.1) is 5.92 Å². The van der Waals surface area contributed by atoms with Crippen LogP contribution < -0.4 is 34.7 Å². The maximum atomic E-state index is 10.5. The van der Waals surface area contributed by atoms with E-state index in [-0.39, 0.29) is 41.3 Å². The van der Waals surface area contributed by atoms with Crippen LogP contribution in [0.5, 0.6) is 0 Å². The van der Waals surface area contributed by atoms with Crippen molar-refractivity contribution in [2.45, 2.75) is 12.8 Å². The van der Waals surface area contributed by atoms with E-state index in [1.165, 1.54) is 0 Å². The summed E-state index contributed by atoms with van der Waals surface area (Å²) >= 11 is 0. The topological polar surface area (TPSA) is 40.1 Å². The molecule has 1 fully saturated rings. The molecule has 0 bridgehead atoms. The van der Waals surface area contributed by atoms with E-state index in [9.17, 15) is 9.90 Å². The second kappa shape index (κ2) is 4.09. The fraction of sp³-hybridized carbons (Fsp3) is 0.500. The van der Waals surface area contributed by atoms with Crippen molar-refractivity contribution < 1.29 is 39.5 Å². The molecule has 0 aliphatic heterocycles. The van der Waals surface area contributed by atoms with Crippen molar-refractivity contribution in [3.8, 4) is 0 Å². The molecular formula is C6H7NaO2. The maximum absolute atomic E-state index is 10.5. The van der Waals surface area contributed by atoms with Crippen molar-refractivity contribution in [3.63, 3.8) is 0 Å². The van der Waals surface area contributed by atoms with Crippen LogP contribution >= 0.6 is 0 Å². The van der Waals surface area contributed by atoms with Gasteiger partial charge in [0.1, 0.15) is 0 Å². The Morgan fingerprint density at radius 2 is 2.11 bits per heavy atom. The van der Waals surface area contributed by atoms with Gasteiger partial charge in [0.05, 0.1) is 0 Å². The molecule has 0 aromatic rings. The van der Waals surface area contributed by atoms with Crippen LogP contribution in [-0.4, -0.2) is 5.78 Å². The number of ketones is 1. The van der Waals surface area contributed by atoms with Crippen molar-refractivity contribution in [2.24, 2.45) is 5.92 Å². The van der Waals surface area contributed by atoms with Crippen molar-refractivity contribution in [3.05, 3.63) is 12.3 Å². The van der Waals surface area contributed by atoms with Gasteiger partial charge in [0, 0.05) is 5.92 Å². The van der Waals surface area contributed by atoms with Crippen LogP contribution in [0.4, 0.5) is 0 Å². The second-order valence-electron chi connectivity index (χ2n) is 1.98. The summed E-state index contributed by atoms with van der Waals surface area (Å²) in [5.41, 5.74) is 0. The minimum absolute atomic E-state index is 0. The van der Waals surface area contributed by atoms with Gasteiger partial charge in [-0.15, -0.1) is 6.26 Å². The minimum Gasteiger partial charge on any atom is -0.878 e. The smallest absolute Gasteiger partial charge is 0.878 e. The first-order chi connectivity index (χ1) is 3.84. The van der Waals surface area contributed by atoms with E-state index in [0.29, 0.717) is 6.26 Å². The number of carbonyl (C=O) groups excluding carboxylic acids is 1. The summed E-state index contributed by atoms with van der Waals surface area (Å²) < 4.78 is 0. The molecular weight excluding hydrogens is 127 g/mol. The average molecular weight is 134 g/mol. The number of rotatable bonds is 2. The van der Waals surface area contributed by atoms with Gasteiger partial charge >= 0.3 is 29.6 Å². The first-order valence-corrected chi connectivity index (χ1v) is 2.67. The normalized spacial score (nSPS) is 17.3. The molecule has 0 aromatic heterocycles. The molecule has 1 aliphatic rings. The third-order valence-corrected chi connectivity index (χ3v) is 1.21. The summed E-state index contributed by atoms with van der Waals surface area (Å²) in [6.07, 6.45) is 3.62. The van der Waals surface area contributed by atoms with Crippen molar-refractivity contribution >= 4 is 5.78 Å². The van der Waals surface area contributed by atoms with Crippen LogP contribution in [0.15, 0.2) is 12.3 Å². The largest absolute Gasteiger partial charge is 1.00 e. The van der Waals surface area contributed by atoms with E-state index < -0.39 is 0 Å².